The van der Waals surface area contributed by atoms with Crippen molar-refractivity contribution in [3.63, 3.8) is 0 Å². The zero-order valence-electron chi connectivity index (χ0n) is 19.9. The lowest BCUT2D eigenvalue weighted by atomic mass is 10.1. The quantitative estimate of drug-likeness (QED) is 0.446. The molecule has 1 fully saturated rings. The third-order valence-corrected chi connectivity index (χ3v) is 6.35. The van der Waals surface area contributed by atoms with Crippen LogP contribution < -0.4 is 4.90 Å². The summed E-state index contributed by atoms with van der Waals surface area (Å²) in [5.74, 6) is 0.654. The van der Waals surface area contributed by atoms with Crippen molar-refractivity contribution in [2.24, 2.45) is 0 Å². The first-order chi connectivity index (χ1) is 17.1. The number of amides is 1. The van der Waals surface area contributed by atoms with Gasteiger partial charge >= 0.3 is 0 Å². The molecule has 0 N–H and O–H groups in total. The van der Waals surface area contributed by atoms with Crippen molar-refractivity contribution in [1.82, 2.24) is 24.6 Å². The maximum atomic E-state index is 13.9. The molecule has 1 aliphatic heterocycles. The Morgan fingerprint density at radius 3 is 2.66 bits per heavy atom. The summed E-state index contributed by atoms with van der Waals surface area (Å²) in [7, 11) is 0. The number of hydrogen-bond acceptors (Lipinski definition) is 6. The van der Waals surface area contributed by atoms with Crippen LogP contribution in [0.25, 0.3) is 22.3 Å². The second kappa shape index (κ2) is 9.55. The average molecular weight is 466 g/mol. The summed E-state index contributed by atoms with van der Waals surface area (Å²) in [4.78, 5) is 27.2. The first kappa shape index (κ1) is 22.5. The Balaban J connectivity index is 1.49. The van der Waals surface area contributed by atoms with Crippen molar-refractivity contribution in [3.8, 4) is 17.3 Å². The highest BCUT2D eigenvalue weighted by atomic mass is 16.2. The van der Waals surface area contributed by atoms with Crippen LogP contribution in [-0.2, 0) is 0 Å². The molecule has 0 radical (unpaired) electrons. The Morgan fingerprint density at radius 1 is 1.06 bits per heavy atom. The van der Waals surface area contributed by atoms with Gasteiger partial charge in [-0.1, -0.05) is 30.3 Å². The minimum absolute atomic E-state index is 0.0266. The largest absolute Gasteiger partial charge is 0.354 e. The lowest BCUT2D eigenvalue weighted by Gasteiger charge is -2.23. The molecule has 0 spiro atoms. The smallest absolute Gasteiger partial charge is 0.254 e. The van der Waals surface area contributed by atoms with Gasteiger partial charge in [0.05, 0.1) is 28.4 Å². The van der Waals surface area contributed by atoms with Crippen LogP contribution in [0.2, 0.25) is 0 Å². The summed E-state index contributed by atoms with van der Waals surface area (Å²) in [5.41, 5.74) is 3.60. The predicted molar refractivity (Wildman–Crippen MR) is 135 cm³/mol. The lowest BCUT2D eigenvalue weighted by molar-refractivity contribution is 0.0769. The van der Waals surface area contributed by atoms with Crippen LogP contribution in [0.5, 0.6) is 0 Å². The fourth-order valence-electron chi connectivity index (χ4n) is 4.57. The minimum atomic E-state index is -0.0266. The zero-order valence-corrected chi connectivity index (χ0v) is 19.9. The van der Waals surface area contributed by atoms with Crippen molar-refractivity contribution in [1.29, 1.82) is 5.26 Å². The molecule has 1 saturated heterocycles. The fourth-order valence-corrected chi connectivity index (χ4v) is 4.57. The summed E-state index contributed by atoms with van der Waals surface area (Å²) >= 11 is 0. The molecule has 8 heteroatoms. The van der Waals surface area contributed by atoms with Gasteiger partial charge in [0.2, 0.25) is 0 Å². The van der Waals surface area contributed by atoms with Gasteiger partial charge in [0.25, 0.3) is 5.91 Å². The van der Waals surface area contributed by atoms with Crippen LogP contribution in [0.15, 0.2) is 60.9 Å². The van der Waals surface area contributed by atoms with Gasteiger partial charge in [-0.2, -0.15) is 10.4 Å². The molecule has 8 nitrogen and oxygen atoms in total. The summed E-state index contributed by atoms with van der Waals surface area (Å²) in [6, 6.07) is 17.7. The van der Waals surface area contributed by atoms with Crippen molar-refractivity contribution in [2.75, 3.05) is 31.1 Å². The summed E-state index contributed by atoms with van der Waals surface area (Å²) in [6.45, 7) is 6.64. The molecule has 1 aromatic carbocycles. The van der Waals surface area contributed by atoms with Crippen LogP contribution in [-0.4, -0.2) is 56.7 Å². The average Bonchev–Trinajstić information content (AvgIpc) is 3.18. The van der Waals surface area contributed by atoms with E-state index in [1.54, 1.807) is 24.5 Å². The number of fused-ring (bicyclic) bond motifs is 1. The fraction of sp³-hybridized carbons (Fsp3) is 0.296. The third kappa shape index (κ3) is 4.33. The number of benzene rings is 1. The Kier molecular flexibility index (Phi) is 6.15. The van der Waals surface area contributed by atoms with Gasteiger partial charge in [0, 0.05) is 44.0 Å². The standard InChI is InChI=1S/C27H27N7O/c1-19(2)34-26-23(18-30-34)22(16-24(31-26)20-8-4-3-5-9-20)27(35)33-13-7-12-32(14-15-33)25-21(17-28)10-6-11-29-25/h3-6,8-11,16,18-19H,7,12-15H2,1-2H3. The highest BCUT2D eigenvalue weighted by molar-refractivity contribution is 6.06. The maximum absolute atomic E-state index is 13.9. The SMILES string of the molecule is CC(C)n1ncc2c(C(=O)N3CCCN(c4ncccc4C#N)CC3)cc(-c3ccccc3)nc21. The number of nitrogens with zero attached hydrogens (tertiary/aromatic N) is 7. The number of hydrogen-bond donors (Lipinski definition) is 0. The van der Waals surface area contributed by atoms with Crippen molar-refractivity contribution < 1.29 is 4.79 Å². The van der Waals surface area contributed by atoms with E-state index in [0.717, 1.165) is 29.6 Å². The molecule has 0 bridgehead atoms. The Morgan fingerprint density at radius 2 is 1.89 bits per heavy atom. The Labute approximate surface area is 204 Å². The highest BCUT2D eigenvalue weighted by Gasteiger charge is 2.25. The van der Waals surface area contributed by atoms with E-state index < -0.39 is 0 Å². The van der Waals surface area contributed by atoms with Crippen LogP contribution in [0.4, 0.5) is 5.82 Å². The van der Waals surface area contributed by atoms with E-state index >= 15 is 0 Å². The number of pyridine rings is 2. The monoisotopic (exact) mass is 465 g/mol. The van der Waals surface area contributed by atoms with E-state index in [1.165, 1.54) is 0 Å². The van der Waals surface area contributed by atoms with Crippen molar-refractivity contribution in [3.05, 3.63) is 72.1 Å². The molecular weight excluding hydrogens is 438 g/mol. The molecule has 1 amide bonds. The molecule has 0 saturated carbocycles. The normalized spacial score (nSPS) is 14.2. The van der Waals surface area contributed by atoms with Crippen LogP contribution >= 0.6 is 0 Å². The van der Waals surface area contributed by atoms with Gasteiger partial charge in [-0.15, -0.1) is 0 Å². The molecule has 0 aliphatic carbocycles. The molecule has 4 heterocycles. The Bertz CT molecular complexity index is 1400. The van der Waals surface area contributed by atoms with Crippen molar-refractivity contribution in [2.45, 2.75) is 26.3 Å². The molecule has 5 rings (SSSR count). The summed E-state index contributed by atoms with van der Waals surface area (Å²) in [6.07, 6.45) is 4.24. The Hall–Kier alpha value is -4.25. The predicted octanol–water partition coefficient (Wildman–Crippen LogP) is 4.30. The second-order valence-corrected chi connectivity index (χ2v) is 8.96. The number of carbonyl (C=O) groups excluding carboxylic acids is 1. The van der Waals surface area contributed by atoms with Crippen molar-refractivity contribution >= 4 is 22.8 Å². The van der Waals surface area contributed by atoms with E-state index in [0.29, 0.717) is 42.2 Å². The van der Waals surface area contributed by atoms with E-state index in [2.05, 4.69) is 34.9 Å². The third-order valence-electron chi connectivity index (χ3n) is 6.35. The molecule has 1 aliphatic rings. The molecule has 0 atom stereocenters. The highest BCUT2D eigenvalue weighted by Crippen LogP contribution is 2.28. The lowest BCUT2D eigenvalue weighted by Crippen LogP contribution is -2.35. The molecule has 35 heavy (non-hydrogen) atoms. The number of carbonyl (C=O) groups is 1. The van der Waals surface area contributed by atoms with Gasteiger partial charge in [-0.05, 0) is 38.5 Å². The van der Waals surface area contributed by atoms with Gasteiger partial charge in [-0.3, -0.25) is 4.79 Å². The van der Waals surface area contributed by atoms with E-state index in [1.807, 2.05) is 46.0 Å². The number of rotatable bonds is 4. The molecule has 0 unspecified atom stereocenters. The van der Waals surface area contributed by atoms with E-state index in [4.69, 9.17) is 4.98 Å². The van der Waals surface area contributed by atoms with Gasteiger partial charge in [-0.25, -0.2) is 14.6 Å². The van der Waals surface area contributed by atoms with Gasteiger partial charge < -0.3 is 9.80 Å². The summed E-state index contributed by atoms with van der Waals surface area (Å²) in [5, 5.41) is 14.8. The molecule has 3 aromatic heterocycles. The number of aromatic nitrogens is 4. The zero-order chi connectivity index (χ0) is 24.4. The van der Waals surface area contributed by atoms with Crippen LogP contribution in [0.1, 0.15) is 42.2 Å². The van der Waals surface area contributed by atoms with Crippen LogP contribution in [0.3, 0.4) is 0 Å². The van der Waals surface area contributed by atoms with E-state index in [-0.39, 0.29) is 11.9 Å². The van der Waals surface area contributed by atoms with Crippen LogP contribution in [0, 0.1) is 11.3 Å². The van der Waals surface area contributed by atoms with Gasteiger partial charge in [0.1, 0.15) is 11.9 Å². The number of anilines is 1. The van der Waals surface area contributed by atoms with Gasteiger partial charge in [0.15, 0.2) is 5.65 Å². The second-order valence-electron chi connectivity index (χ2n) is 8.96. The minimum Gasteiger partial charge on any atom is -0.354 e. The first-order valence-corrected chi connectivity index (χ1v) is 11.9. The number of nitriles is 1. The molecular formula is C27H27N7O. The maximum Gasteiger partial charge on any atom is 0.254 e. The topological polar surface area (TPSA) is 90.9 Å². The summed E-state index contributed by atoms with van der Waals surface area (Å²) < 4.78 is 1.87. The molecule has 4 aromatic rings. The van der Waals surface area contributed by atoms with E-state index in [9.17, 15) is 10.1 Å². The first-order valence-electron chi connectivity index (χ1n) is 11.9. The molecule has 176 valence electrons.